The summed E-state index contributed by atoms with van der Waals surface area (Å²) in [5.74, 6) is 0.125. The van der Waals surface area contributed by atoms with Crippen LogP contribution in [0.5, 0.6) is 0 Å². The van der Waals surface area contributed by atoms with Crippen LogP contribution in [0, 0.1) is 5.92 Å². The highest BCUT2D eigenvalue weighted by Crippen LogP contribution is 2.21. The smallest absolute Gasteiger partial charge is 0.259 e. The van der Waals surface area contributed by atoms with Crippen molar-refractivity contribution in [3.63, 3.8) is 0 Å². The minimum atomic E-state index is -0.341. The summed E-state index contributed by atoms with van der Waals surface area (Å²) < 4.78 is 2.15. The fraction of sp³-hybridized carbons (Fsp3) is 0.333. The Balaban J connectivity index is 1.50. The van der Waals surface area contributed by atoms with E-state index in [1.807, 2.05) is 24.5 Å². The van der Waals surface area contributed by atoms with E-state index >= 15 is 0 Å². The molecule has 3 heterocycles. The maximum atomic E-state index is 12.6. The van der Waals surface area contributed by atoms with Gasteiger partial charge in [0.15, 0.2) is 0 Å². The van der Waals surface area contributed by atoms with Crippen LogP contribution in [0.25, 0.3) is 11.0 Å². The number of hydrogen-bond donors (Lipinski definition) is 1. The van der Waals surface area contributed by atoms with Crippen molar-refractivity contribution in [1.82, 2.24) is 24.6 Å². The number of H-pyrrole nitrogens is 1. The molecule has 2 aromatic heterocycles. The molecule has 0 saturated carbocycles. The van der Waals surface area contributed by atoms with E-state index in [1.165, 1.54) is 6.20 Å². The van der Waals surface area contributed by atoms with E-state index in [1.54, 1.807) is 4.90 Å². The van der Waals surface area contributed by atoms with Crippen molar-refractivity contribution >= 4 is 16.9 Å². The number of likely N-dealkylation sites (tertiary alicyclic amines) is 1. The molecule has 7 heteroatoms. The molecular weight excluding hydrogens is 318 g/mol. The number of nitrogens with zero attached hydrogens (tertiary/aromatic N) is 4. The van der Waals surface area contributed by atoms with Crippen LogP contribution in [0.15, 0.2) is 47.8 Å². The fourth-order valence-corrected chi connectivity index (χ4v) is 3.51. The third-order valence-corrected chi connectivity index (χ3v) is 4.75. The van der Waals surface area contributed by atoms with Gasteiger partial charge >= 0.3 is 0 Å². The molecule has 1 saturated heterocycles. The van der Waals surface area contributed by atoms with Gasteiger partial charge in [0.25, 0.3) is 5.91 Å². The standard InChI is InChI=1S/C18H19N5O2/c24-17-9-21-20-8-14(17)18(25)22-7-3-4-13(10-22)11-23-12-19-15-5-1-2-6-16(15)23/h1-2,5-6,8-9,12-13H,3-4,7,10-11H2,(H,20,24). The Kier molecular flexibility index (Phi) is 4.05. The molecule has 3 aromatic rings. The molecule has 25 heavy (non-hydrogen) atoms. The lowest BCUT2D eigenvalue weighted by atomic mass is 9.97. The lowest BCUT2D eigenvalue weighted by Gasteiger charge is -2.33. The first-order valence-corrected chi connectivity index (χ1v) is 8.44. The van der Waals surface area contributed by atoms with Crippen molar-refractivity contribution in [2.75, 3.05) is 13.1 Å². The van der Waals surface area contributed by atoms with Crippen LogP contribution in [-0.4, -0.2) is 43.6 Å². The number of rotatable bonds is 3. The second-order valence-corrected chi connectivity index (χ2v) is 6.45. The van der Waals surface area contributed by atoms with Gasteiger partial charge < -0.3 is 9.47 Å². The van der Waals surface area contributed by atoms with Gasteiger partial charge in [0, 0.05) is 25.8 Å². The SMILES string of the molecule is O=C(c1c[nH]ncc1=O)N1CCCC(Cn2cnc3ccccc32)C1. The molecule has 4 rings (SSSR count). The molecule has 128 valence electrons. The van der Waals surface area contributed by atoms with Gasteiger partial charge in [0.05, 0.1) is 23.6 Å². The number of para-hydroxylation sites is 2. The summed E-state index contributed by atoms with van der Waals surface area (Å²) in [6, 6.07) is 8.04. The van der Waals surface area contributed by atoms with Crippen LogP contribution in [0.4, 0.5) is 0 Å². The summed E-state index contributed by atoms with van der Waals surface area (Å²) in [4.78, 5) is 30.7. The number of nitrogens with one attached hydrogen (secondary N) is 1. The number of aromatic amines is 1. The van der Waals surface area contributed by atoms with Crippen LogP contribution < -0.4 is 5.43 Å². The summed E-state index contributed by atoms with van der Waals surface area (Å²) in [5, 5.41) is 6.23. The highest BCUT2D eigenvalue weighted by Gasteiger charge is 2.26. The third-order valence-electron chi connectivity index (χ3n) is 4.75. The topological polar surface area (TPSA) is 83.9 Å². The molecule has 1 atom stereocenters. The summed E-state index contributed by atoms with van der Waals surface area (Å²) >= 11 is 0. The number of fused-ring (bicyclic) bond motifs is 1. The monoisotopic (exact) mass is 337 g/mol. The number of aromatic nitrogens is 4. The van der Waals surface area contributed by atoms with Gasteiger partial charge in [-0.1, -0.05) is 12.1 Å². The second kappa shape index (κ2) is 6.51. The predicted octanol–water partition coefficient (Wildman–Crippen LogP) is 1.67. The normalized spacial score (nSPS) is 17.8. The van der Waals surface area contributed by atoms with E-state index in [9.17, 15) is 9.59 Å². The van der Waals surface area contributed by atoms with Crippen LogP contribution in [-0.2, 0) is 6.54 Å². The molecule has 1 N–H and O–H groups in total. The first kappa shape index (κ1) is 15.6. The zero-order valence-electron chi connectivity index (χ0n) is 13.8. The first-order valence-electron chi connectivity index (χ1n) is 8.44. The van der Waals surface area contributed by atoms with Gasteiger partial charge in [0.1, 0.15) is 5.56 Å². The number of benzene rings is 1. The Labute approximate surface area is 144 Å². The Bertz CT molecular complexity index is 961. The van der Waals surface area contributed by atoms with Crippen molar-refractivity contribution in [2.45, 2.75) is 19.4 Å². The van der Waals surface area contributed by atoms with Crippen molar-refractivity contribution in [3.8, 4) is 0 Å². The van der Waals surface area contributed by atoms with Crippen LogP contribution in [0.1, 0.15) is 23.2 Å². The maximum Gasteiger partial charge on any atom is 0.259 e. The molecule has 0 aliphatic carbocycles. The van der Waals surface area contributed by atoms with Gasteiger partial charge in [-0.15, -0.1) is 0 Å². The Morgan fingerprint density at radius 3 is 3.08 bits per heavy atom. The largest absolute Gasteiger partial charge is 0.338 e. The highest BCUT2D eigenvalue weighted by atomic mass is 16.2. The van der Waals surface area contributed by atoms with Crippen LogP contribution in [0.2, 0.25) is 0 Å². The van der Waals surface area contributed by atoms with Gasteiger partial charge in [-0.2, -0.15) is 5.10 Å². The third kappa shape index (κ3) is 3.05. The lowest BCUT2D eigenvalue weighted by molar-refractivity contribution is 0.0661. The Morgan fingerprint density at radius 2 is 2.20 bits per heavy atom. The van der Waals surface area contributed by atoms with E-state index < -0.39 is 0 Å². The van der Waals surface area contributed by atoms with E-state index in [4.69, 9.17) is 0 Å². The van der Waals surface area contributed by atoms with E-state index in [2.05, 4.69) is 25.8 Å². The number of carbonyl (C=O) groups excluding carboxylic acids is 1. The number of piperidine rings is 1. The summed E-state index contributed by atoms with van der Waals surface area (Å²) in [6.45, 7) is 2.14. The van der Waals surface area contributed by atoms with Crippen LogP contribution in [0.3, 0.4) is 0 Å². The number of amides is 1. The quantitative estimate of drug-likeness (QED) is 0.788. The van der Waals surface area contributed by atoms with Gasteiger partial charge in [-0.3, -0.25) is 14.7 Å². The molecule has 7 nitrogen and oxygen atoms in total. The van der Waals surface area contributed by atoms with E-state index in [0.29, 0.717) is 19.0 Å². The van der Waals surface area contributed by atoms with Gasteiger partial charge in [0.2, 0.25) is 5.43 Å². The summed E-state index contributed by atoms with van der Waals surface area (Å²) in [6.07, 6.45) is 6.39. The van der Waals surface area contributed by atoms with Gasteiger partial charge in [-0.25, -0.2) is 4.98 Å². The average molecular weight is 337 g/mol. The minimum Gasteiger partial charge on any atom is -0.338 e. The molecule has 0 spiro atoms. The first-order chi connectivity index (χ1) is 12.2. The molecular formula is C18H19N5O2. The van der Waals surface area contributed by atoms with Crippen molar-refractivity contribution < 1.29 is 4.79 Å². The molecule has 1 unspecified atom stereocenters. The van der Waals surface area contributed by atoms with Crippen molar-refractivity contribution in [1.29, 1.82) is 0 Å². The molecule has 0 bridgehead atoms. The zero-order chi connectivity index (χ0) is 17.2. The Hall–Kier alpha value is -2.96. The lowest BCUT2D eigenvalue weighted by Crippen LogP contribution is -2.42. The molecule has 0 radical (unpaired) electrons. The molecule has 1 aliphatic rings. The molecule has 1 aliphatic heterocycles. The molecule has 1 amide bonds. The van der Waals surface area contributed by atoms with Gasteiger partial charge in [-0.05, 0) is 30.9 Å². The number of hydrogen-bond acceptors (Lipinski definition) is 4. The van der Waals surface area contributed by atoms with Crippen molar-refractivity contribution in [3.05, 3.63) is 58.8 Å². The Morgan fingerprint density at radius 1 is 1.32 bits per heavy atom. The molecule has 1 aromatic carbocycles. The average Bonchev–Trinajstić information content (AvgIpc) is 3.05. The molecule has 1 fully saturated rings. The highest BCUT2D eigenvalue weighted by molar-refractivity contribution is 5.93. The number of carbonyl (C=O) groups is 1. The number of imidazole rings is 1. The maximum absolute atomic E-state index is 12.6. The van der Waals surface area contributed by atoms with Crippen LogP contribution >= 0.6 is 0 Å². The van der Waals surface area contributed by atoms with E-state index in [-0.39, 0.29) is 16.9 Å². The second-order valence-electron chi connectivity index (χ2n) is 6.45. The zero-order valence-corrected chi connectivity index (χ0v) is 13.8. The van der Waals surface area contributed by atoms with Crippen molar-refractivity contribution in [2.24, 2.45) is 5.92 Å². The summed E-state index contributed by atoms with van der Waals surface area (Å²) in [7, 11) is 0. The predicted molar refractivity (Wildman–Crippen MR) is 93.2 cm³/mol. The van der Waals surface area contributed by atoms with E-state index in [0.717, 1.165) is 36.6 Å². The minimum absolute atomic E-state index is 0.156. The fourth-order valence-electron chi connectivity index (χ4n) is 3.51. The summed E-state index contributed by atoms with van der Waals surface area (Å²) in [5.41, 5.74) is 1.90.